The van der Waals surface area contributed by atoms with Crippen LogP contribution >= 0.6 is 12.6 Å². The van der Waals surface area contributed by atoms with Gasteiger partial charge in [0.1, 0.15) is 5.78 Å². The number of unbranched alkanes of at least 4 members (excludes halogenated alkanes) is 2. The molecule has 2 heteroatoms. The topological polar surface area (TPSA) is 17.1 Å². The lowest BCUT2D eigenvalue weighted by atomic mass is 9.91. The Kier molecular flexibility index (Phi) is 3.84. The second-order valence-corrected chi connectivity index (χ2v) is 5.39. The molecule has 76 valence electrons. The van der Waals surface area contributed by atoms with Gasteiger partial charge in [0.25, 0.3) is 0 Å². The van der Waals surface area contributed by atoms with Crippen LogP contribution in [0.1, 0.15) is 52.4 Å². The molecule has 0 aromatic carbocycles. The Morgan fingerprint density at radius 2 is 2.23 bits per heavy atom. The van der Waals surface area contributed by atoms with Crippen LogP contribution in [0.2, 0.25) is 0 Å². The van der Waals surface area contributed by atoms with Crippen LogP contribution in [0.4, 0.5) is 0 Å². The molecule has 0 aromatic rings. The van der Waals surface area contributed by atoms with Crippen LogP contribution in [0.3, 0.4) is 0 Å². The average Bonchev–Trinajstić information content (AvgIpc) is 2.31. The van der Waals surface area contributed by atoms with E-state index in [-0.39, 0.29) is 10.7 Å². The smallest absolute Gasteiger partial charge is 0.137 e. The summed E-state index contributed by atoms with van der Waals surface area (Å²) in [7, 11) is 0. The van der Waals surface area contributed by atoms with E-state index in [9.17, 15) is 4.79 Å². The van der Waals surface area contributed by atoms with Crippen molar-refractivity contribution in [2.75, 3.05) is 0 Å². The Morgan fingerprint density at radius 1 is 1.54 bits per heavy atom. The fraction of sp³-hybridized carbons (Fsp3) is 0.909. The maximum atomic E-state index is 11.5. The highest BCUT2D eigenvalue weighted by Crippen LogP contribution is 2.40. The summed E-state index contributed by atoms with van der Waals surface area (Å²) in [4.78, 5) is 11.5. The first kappa shape index (κ1) is 11.1. The molecule has 0 N–H and O–H groups in total. The van der Waals surface area contributed by atoms with Crippen molar-refractivity contribution in [2.24, 2.45) is 5.92 Å². The molecule has 1 aliphatic rings. The van der Waals surface area contributed by atoms with Crippen molar-refractivity contribution in [3.05, 3.63) is 0 Å². The highest BCUT2D eigenvalue weighted by Gasteiger charge is 2.40. The summed E-state index contributed by atoms with van der Waals surface area (Å²) in [6, 6.07) is 0. The number of hydrogen-bond donors (Lipinski definition) is 1. The van der Waals surface area contributed by atoms with Crippen LogP contribution in [-0.2, 0) is 4.79 Å². The Morgan fingerprint density at radius 3 is 2.69 bits per heavy atom. The third-order valence-corrected chi connectivity index (χ3v) is 3.65. The number of hydrogen-bond acceptors (Lipinski definition) is 2. The number of Topliss-reactive ketones (excluding diaryl/α,β-unsaturated/α-hetero) is 1. The van der Waals surface area contributed by atoms with Crippen LogP contribution in [0.25, 0.3) is 0 Å². The summed E-state index contributed by atoms with van der Waals surface area (Å²) in [5.41, 5.74) is 0. The lowest BCUT2D eigenvalue weighted by molar-refractivity contribution is -0.121. The van der Waals surface area contributed by atoms with Gasteiger partial charge in [-0.1, -0.05) is 26.2 Å². The monoisotopic (exact) mass is 200 g/mol. The second-order valence-electron chi connectivity index (χ2n) is 4.37. The summed E-state index contributed by atoms with van der Waals surface area (Å²) >= 11 is 4.58. The van der Waals surface area contributed by atoms with Gasteiger partial charge in [-0.2, -0.15) is 12.6 Å². The number of carbonyl (C=O) groups excluding carboxylic acids is 1. The first-order chi connectivity index (χ1) is 6.08. The highest BCUT2D eigenvalue weighted by molar-refractivity contribution is 7.81. The van der Waals surface area contributed by atoms with Gasteiger partial charge in [0.15, 0.2) is 0 Å². The molecular formula is C11H20OS. The highest BCUT2D eigenvalue weighted by atomic mass is 32.1. The maximum Gasteiger partial charge on any atom is 0.137 e. The van der Waals surface area contributed by atoms with Gasteiger partial charge in [-0.25, -0.2) is 0 Å². The zero-order valence-electron chi connectivity index (χ0n) is 8.68. The summed E-state index contributed by atoms with van der Waals surface area (Å²) in [6.45, 7) is 4.30. The maximum absolute atomic E-state index is 11.5. The van der Waals surface area contributed by atoms with E-state index in [0.29, 0.717) is 5.78 Å². The third kappa shape index (κ3) is 2.73. The van der Waals surface area contributed by atoms with Crippen LogP contribution < -0.4 is 0 Å². The molecule has 0 aliphatic heterocycles. The predicted molar refractivity (Wildman–Crippen MR) is 59.3 cm³/mol. The van der Waals surface area contributed by atoms with Gasteiger partial charge in [0.2, 0.25) is 0 Å². The van der Waals surface area contributed by atoms with E-state index in [4.69, 9.17) is 0 Å². The van der Waals surface area contributed by atoms with E-state index in [2.05, 4.69) is 26.5 Å². The van der Waals surface area contributed by atoms with Gasteiger partial charge in [-0.05, 0) is 19.8 Å². The van der Waals surface area contributed by atoms with Gasteiger partial charge in [0, 0.05) is 17.1 Å². The van der Waals surface area contributed by atoms with E-state index in [1.54, 1.807) is 0 Å². The summed E-state index contributed by atoms with van der Waals surface area (Å²) in [5, 5.41) is 0. The number of thiol groups is 1. The minimum Gasteiger partial charge on any atom is -0.299 e. The van der Waals surface area contributed by atoms with Crippen LogP contribution in [0.15, 0.2) is 0 Å². The van der Waals surface area contributed by atoms with Crippen molar-refractivity contribution in [1.82, 2.24) is 0 Å². The molecule has 0 heterocycles. The number of carbonyl (C=O) groups is 1. The van der Waals surface area contributed by atoms with E-state index in [0.717, 1.165) is 19.3 Å². The van der Waals surface area contributed by atoms with E-state index < -0.39 is 0 Å². The molecule has 2 unspecified atom stereocenters. The summed E-state index contributed by atoms with van der Waals surface area (Å²) in [6.07, 6.45) is 6.41. The fourth-order valence-corrected chi connectivity index (χ4v) is 2.53. The third-order valence-electron chi connectivity index (χ3n) is 3.11. The van der Waals surface area contributed by atoms with Gasteiger partial charge in [0.05, 0.1) is 0 Å². The zero-order chi connectivity index (χ0) is 9.90. The minimum absolute atomic E-state index is 0.0230. The lowest BCUT2D eigenvalue weighted by Crippen LogP contribution is -2.26. The standard InChI is InChI=1S/C11H20OS/c1-3-4-5-6-9-10(12)7-8-11(9,2)13/h9,13H,3-8H2,1-2H3. The fourth-order valence-electron chi connectivity index (χ4n) is 2.14. The largest absolute Gasteiger partial charge is 0.299 e. The predicted octanol–water partition coefficient (Wildman–Crippen LogP) is 3.23. The molecule has 1 rings (SSSR count). The molecule has 1 nitrogen and oxygen atoms in total. The van der Waals surface area contributed by atoms with Crippen molar-refractivity contribution in [3.63, 3.8) is 0 Å². The van der Waals surface area contributed by atoms with Crippen molar-refractivity contribution >= 4 is 18.4 Å². The SMILES string of the molecule is CCCCCC1C(=O)CCC1(C)S. The minimum atomic E-state index is -0.0230. The molecule has 0 spiro atoms. The molecule has 0 bridgehead atoms. The summed E-state index contributed by atoms with van der Waals surface area (Å²) in [5.74, 6) is 0.663. The first-order valence-electron chi connectivity index (χ1n) is 5.33. The average molecular weight is 200 g/mol. The first-order valence-corrected chi connectivity index (χ1v) is 5.77. The van der Waals surface area contributed by atoms with E-state index in [1.165, 1.54) is 19.3 Å². The van der Waals surface area contributed by atoms with E-state index >= 15 is 0 Å². The molecule has 0 radical (unpaired) electrons. The van der Waals surface area contributed by atoms with Gasteiger partial charge < -0.3 is 0 Å². The van der Waals surface area contributed by atoms with E-state index in [1.807, 2.05) is 0 Å². The van der Waals surface area contributed by atoms with Crippen LogP contribution in [-0.4, -0.2) is 10.5 Å². The molecule has 2 atom stereocenters. The van der Waals surface area contributed by atoms with Crippen molar-refractivity contribution in [3.8, 4) is 0 Å². The lowest BCUT2D eigenvalue weighted by Gasteiger charge is -2.24. The molecule has 1 aliphatic carbocycles. The normalized spacial score (nSPS) is 34.1. The van der Waals surface area contributed by atoms with Crippen LogP contribution in [0, 0.1) is 5.92 Å². The quantitative estimate of drug-likeness (QED) is 0.544. The van der Waals surface area contributed by atoms with Gasteiger partial charge >= 0.3 is 0 Å². The van der Waals surface area contributed by atoms with Crippen molar-refractivity contribution in [1.29, 1.82) is 0 Å². The molecule has 0 saturated heterocycles. The van der Waals surface area contributed by atoms with Gasteiger partial charge in [-0.3, -0.25) is 4.79 Å². The second kappa shape index (κ2) is 4.50. The Bertz CT molecular complexity index is 187. The van der Waals surface area contributed by atoms with Crippen molar-refractivity contribution < 1.29 is 4.79 Å². The number of rotatable bonds is 4. The Labute approximate surface area is 86.7 Å². The molecule has 1 saturated carbocycles. The number of ketones is 1. The summed E-state index contributed by atoms with van der Waals surface area (Å²) < 4.78 is -0.0230. The Hall–Kier alpha value is 0.0200. The van der Waals surface area contributed by atoms with Crippen molar-refractivity contribution in [2.45, 2.75) is 57.1 Å². The zero-order valence-corrected chi connectivity index (χ0v) is 9.57. The molecule has 13 heavy (non-hydrogen) atoms. The molecule has 0 aromatic heterocycles. The molecule has 0 amide bonds. The van der Waals surface area contributed by atoms with Crippen LogP contribution in [0.5, 0.6) is 0 Å². The Balaban J connectivity index is 2.41. The van der Waals surface area contributed by atoms with Gasteiger partial charge in [-0.15, -0.1) is 0 Å². The molecule has 1 fully saturated rings. The molecular weight excluding hydrogens is 180 g/mol.